The molecule has 0 spiro atoms. The smallest absolute Gasteiger partial charge is 0.266 e. The number of anilines is 1. The van der Waals surface area contributed by atoms with Crippen LogP contribution < -0.4 is 4.90 Å². The first kappa shape index (κ1) is 19.2. The highest BCUT2D eigenvalue weighted by Gasteiger charge is 2.32. The standard InChI is InChI=1S/C26H18ClN3O/c1-17-12-13-22-19(14-17)15-20(24(27)28-22)16-23-26(31)30(21-10-6-3-7-11-21)25(29-23)18-8-4-2-5-9-18/h2-16H,1H3/b23-16+. The second-order valence-electron chi connectivity index (χ2n) is 7.37. The number of carbonyl (C=O) groups excluding carboxylic acids is 1. The minimum Gasteiger partial charge on any atom is -0.266 e. The Morgan fingerprint density at radius 1 is 0.903 bits per heavy atom. The first-order valence-electron chi connectivity index (χ1n) is 9.92. The predicted molar refractivity (Wildman–Crippen MR) is 126 cm³/mol. The Morgan fingerprint density at radius 2 is 1.61 bits per heavy atom. The molecule has 3 aromatic carbocycles. The van der Waals surface area contributed by atoms with Crippen molar-refractivity contribution in [3.05, 3.63) is 112 Å². The number of carbonyl (C=O) groups is 1. The Kier molecular flexibility index (Phi) is 4.85. The van der Waals surface area contributed by atoms with Gasteiger partial charge in [-0.15, -0.1) is 0 Å². The fourth-order valence-corrected chi connectivity index (χ4v) is 3.85. The predicted octanol–water partition coefficient (Wildman–Crippen LogP) is 6.03. The van der Waals surface area contributed by atoms with Crippen LogP contribution in [0.15, 0.2) is 95.6 Å². The number of hydrogen-bond acceptors (Lipinski definition) is 3. The first-order valence-corrected chi connectivity index (χ1v) is 10.3. The van der Waals surface area contributed by atoms with Gasteiger partial charge in [-0.2, -0.15) is 0 Å². The highest BCUT2D eigenvalue weighted by atomic mass is 35.5. The van der Waals surface area contributed by atoms with Crippen LogP contribution in [0, 0.1) is 6.92 Å². The molecule has 2 heterocycles. The van der Waals surface area contributed by atoms with Gasteiger partial charge in [0.15, 0.2) is 0 Å². The zero-order valence-corrected chi connectivity index (χ0v) is 17.5. The summed E-state index contributed by atoms with van der Waals surface area (Å²) in [7, 11) is 0. The molecular weight excluding hydrogens is 406 g/mol. The maximum Gasteiger partial charge on any atom is 0.282 e. The number of amides is 1. The summed E-state index contributed by atoms with van der Waals surface area (Å²) in [6.07, 6.45) is 1.71. The molecule has 4 nitrogen and oxygen atoms in total. The quantitative estimate of drug-likeness (QED) is 0.298. The average Bonchev–Trinajstić information content (AvgIpc) is 3.12. The van der Waals surface area contributed by atoms with E-state index in [2.05, 4.69) is 4.98 Å². The van der Waals surface area contributed by atoms with Crippen LogP contribution in [0.25, 0.3) is 17.0 Å². The van der Waals surface area contributed by atoms with Crippen molar-refractivity contribution in [3.63, 3.8) is 0 Å². The van der Waals surface area contributed by atoms with E-state index in [1.165, 1.54) is 0 Å². The molecule has 0 fully saturated rings. The summed E-state index contributed by atoms with van der Waals surface area (Å²) < 4.78 is 0. The molecule has 0 unspecified atom stereocenters. The number of pyridine rings is 1. The lowest BCUT2D eigenvalue weighted by Crippen LogP contribution is -2.32. The highest BCUT2D eigenvalue weighted by molar-refractivity contribution is 6.34. The molecule has 0 N–H and O–H groups in total. The first-order chi connectivity index (χ1) is 15.1. The molecule has 1 aromatic heterocycles. The minimum atomic E-state index is -0.203. The van der Waals surface area contributed by atoms with Gasteiger partial charge in [0.05, 0.1) is 11.2 Å². The molecule has 5 heteroatoms. The summed E-state index contributed by atoms with van der Waals surface area (Å²) in [5.41, 5.74) is 4.55. The summed E-state index contributed by atoms with van der Waals surface area (Å²) in [6.45, 7) is 2.03. The van der Waals surface area contributed by atoms with Gasteiger partial charge in [-0.05, 0) is 43.3 Å². The van der Waals surface area contributed by atoms with E-state index in [4.69, 9.17) is 16.6 Å². The van der Waals surface area contributed by atoms with Gasteiger partial charge in [0, 0.05) is 16.5 Å². The van der Waals surface area contributed by atoms with Crippen LogP contribution in [-0.2, 0) is 4.79 Å². The molecule has 1 amide bonds. The van der Waals surface area contributed by atoms with Gasteiger partial charge in [0.25, 0.3) is 5.91 Å². The average molecular weight is 424 g/mol. The van der Waals surface area contributed by atoms with Crippen molar-refractivity contribution < 1.29 is 4.79 Å². The van der Waals surface area contributed by atoms with Crippen LogP contribution >= 0.6 is 11.6 Å². The molecule has 0 radical (unpaired) electrons. The van der Waals surface area contributed by atoms with Crippen LogP contribution in [0.5, 0.6) is 0 Å². The maximum absolute atomic E-state index is 13.4. The molecule has 0 atom stereocenters. The Bertz CT molecular complexity index is 1360. The lowest BCUT2D eigenvalue weighted by atomic mass is 10.1. The number of benzene rings is 3. The molecule has 0 aliphatic carbocycles. The summed E-state index contributed by atoms with van der Waals surface area (Å²) in [4.78, 5) is 24.2. The third-order valence-corrected chi connectivity index (χ3v) is 5.45. The van der Waals surface area contributed by atoms with Crippen molar-refractivity contribution in [3.8, 4) is 0 Å². The van der Waals surface area contributed by atoms with E-state index in [-0.39, 0.29) is 5.91 Å². The third kappa shape index (κ3) is 3.62. The highest BCUT2D eigenvalue weighted by Crippen LogP contribution is 2.30. The number of aryl methyl sites for hydroxylation is 1. The number of amidine groups is 1. The summed E-state index contributed by atoms with van der Waals surface area (Å²) in [5.74, 6) is 0.384. The molecule has 0 bridgehead atoms. The number of rotatable bonds is 3. The maximum atomic E-state index is 13.4. The Hall–Kier alpha value is -3.76. The lowest BCUT2D eigenvalue weighted by molar-refractivity contribution is -0.113. The van der Waals surface area contributed by atoms with Crippen LogP contribution in [0.4, 0.5) is 5.69 Å². The molecule has 4 aromatic rings. The summed E-state index contributed by atoms with van der Waals surface area (Å²) in [6, 6.07) is 27.1. The third-order valence-electron chi connectivity index (χ3n) is 5.15. The second-order valence-corrected chi connectivity index (χ2v) is 7.73. The summed E-state index contributed by atoms with van der Waals surface area (Å²) in [5, 5.41) is 1.31. The van der Waals surface area contributed by atoms with E-state index in [1.807, 2.05) is 91.9 Å². The molecule has 31 heavy (non-hydrogen) atoms. The van der Waals surface area contributed by atoms with E-state index in [9.17, 15) is 4.79 Å². The SMILES string of the molecule is Cc1ccc2nc(Cl)c(/C=C3/N=C(c4ccccc4)N(c4ccccc4)C3=O)cc2c1. The van der Waals surface area contributed by atoms with Crippen LogP contribution in [-0.4, -0.2) is 16.7 Å². The molecule has 1 aliphatic heterocycles. The van der Waals surface area contributed by atoms with Crippen molar-refractivity contribution in [2.24, 2.45) is 4.99 Å². The van der Waals surface area contributed by atoms with Gasteiger partial charge in [0.2, 0.25) is 0 Å². The molecule has 1 aliphatic rings. The lowest BCUT2D eigenvalue weighted by Gasteiger charge is -2.18. The van der Waals surface area contributed by atoms with Crippen molar-refractivity contribution in [1.29, 1.82) is 0 Å². The van der Waals surface area contributed by atoms with E-state index >= 15 is 0 Å². The molecule has 0 saturated heterocycles. The minimum absolute atomic E-state index is 0.203. The van der Waals surface area contributed by atoms with E-state index in [0.29, 0.717) is 22.2 Å². The van der Waals surface area contributed by atoms with Gasteiger partial charge in [-0.3, -0.25) is 9.69 Å². The van der Waals surface area contributed by atoms with Gasteiger partial charge in [0.1, 0.15) is 16.7 Å². The van der Waals surface area contributed by atoms with Crippen molar-refractivity contribution in [2.75, 3.05) is 4.90 Å². The number of halogens is 1. The van der Waals surface area contributed by atoms with Crippen molar-refractivity contribution in [1.82, 2.24) is 4.98 Å². The number of aliphatic imine (C=N–C) groups is 1. The Morgan fingerprint density at radius 3 is 2.35 bits per heavy atom. The second kappa shape index (κ2) is 7.82. The van der Waals surface area contributed by atoms with E-state index < -0.39 is 0 Å². The summed E-state index contributed by atoms with van der Waals surface area (Å²) >= 11 is 6.45. The fourth-order valence-electron chi connectivity index (χ4n) is 3.65. The number of para-hydroxylation sites is 1. The molecule has 0 saturated carbocycles. The topological polar surface area (TPSA) is 45.6 Å². The van der Waals surface area contributed by atoms with Crippen LogP contribution in [0.1, 0.15) is 16.7 Å². The van der Waals surface area contributed by atoms with Crippen molar-refractivity contribution in [2.45, 2.75) is 6.92 Å². The van der Waals surface area contributed by atoms with Gasteiger partial charge in [-0.1, -0.05) is 71.8 Å². The monoisotopic (exact) mass is 423 g/mol. The molecule has 150 valence electrons. The Balaban J connectivity index is 1.65. The fraction of sp³-hybridized carbons (Fsp3) is 0.0385. The number of aromatic nitrogens is 1. The number of nitrogens with zero attached hydrogens (tertiary/aromatic N) is 3. The molecule has 5 rings (SSSR count). The van der Waals surface area contributed by atoms with Gasteiger partial charge >= 0.3 is 0 Å². The largest absolute Gasteiger partial charge is 0.282 e. The van der Waals surface area contributed by atoms with Crippen LogP contribution in [0.2, 0.25) is 5.15 Å². The normalized spacial score (nSPS) is 15.0. The zero-order chi connectivity index (χ0) is 21.4. The zero-order valence-electron chi connectivity index (χ0n) is 16.8. The molecular formula is C26H18ClN3O. The van der Waals surface area contributed by atoms with E-state index in [0.717, 1.165) is 27.7 Å². The Labute approximate surface area is 185 Å². The van der Waals surface area contributed by atoms with Gasteiger partial charge < -0.3 is 0 Å². The van der Waals surface area contributed by atoms with Crippen LogP contribution in [0.3, 0.4) is 0 Å². The number of hydrogen-bond donors (Lipinski definition) is 0. The van der Waals surface area contributed by atoms with Gasteiger partial charge in [-0.25, -0.2) is 9.98 Å². The van der Waals surface area contributed by atoms with Crippen molar-refractivity contribution >= 4 is 46.0 Å². The van der Waals surface area contributed by atoms with E-state index in [1.54, 1.807) is 11.0 Å². The number of fused-ring (bicyclic) bond motifs is 1.